The SMILES string of the molecule is CC(CNC(=O)N(C)CCCC(=O)O)N(C)C. The van der Waals surface area contributed by atoms with Gasteiger partial charge in [0.1, 0.15) is 0 Å². The summed E-state index contributed by atoms with van der Waals surface area (Å²) in [7, 11) is 5.57. The number of urea groups is 1. The molecule has 0 aromatic carbocycles. The van der Waals surface area contributed by atoms with Gasteiger partial charge in [-0.25, -0.2) is 4.79 Å². The van der Waals surface area contributed by atoms with E-state index < -0.39 is 5.97 Å². The molecule has 0 aliphatic rings. The topological polar surface area (TPSA) is 72.9 Å². The number of nitrogens with zero attached hydrogens (tertiary/aromatic N) is 2. The molecule has 0 saturated carbocycles. The second kappa shape index (κ2) is 7.89. The molecular weight excluding hydrogens is 222 g/mol. The van der Waals surface area contributed by atoms with E-state index >= 15 is 0 Å². The zero-order valence-corrected chi connectivity index (χ0v) is 11.1. The number of carboxylic acids is 1. The molecule has 0 rings (SSSR count). The Labute approximate surface area is 103 Å². The second-order valence-corrected chi connectivity index (χ2v) is 4.42. The van der Waals surface area contributed by atoms with Crippen molar-refractivity contribution in [3.63, 3.8) is 0 Å². The Morgan fingerprint density at radius 3 is 2.35 bits per heavy atom. The normalized spacial score (nSPS) is 12.3. The molecule has 2 amide bonds. The summed E-state index contributed by atoms with van der Waals surface area (Å²) in [4.78, 5) is 25.4. The third-order valence-electron chi connectivity index (χ3n) is 2.66. The fourth-order valence-corrected chi connectivity index (χ4v) is 1.12. The lowest BCUT2D eigenvalue weighted by molar-refractivity contribution is -0.137. The quantitative estimate of drug-likeness (QED) is 0.683. The van der Waals surface area contributed by atoms with Gasteiger partial charge in [-0.1, -0.05) is 0 Å². The molecule has 1 atom stereocenters. The van der Waals surface area contributed by atoms with Crippen LogP contribution in [-0.4, -0.2) is 67.2 Å². The Morgan fingerprint density at radius 1 is 1.29 bits per heavy atom. The molecule has 0 aromatic heterocycles. The minimum Gasteiger partial charge on any atom is -0.481 e. The monoisotopic (exact) mass is 245 g/mol. The second-order valence-electron chi connectivity index (χ2n) is 4.42. The number of hydrogen-bond donors (Lipinski definition) is 2. The van der Waals surface area contributed by atoms with Crippen molar-refractivity contribution in [3.05, 3.63) is 0 Å². The van der Waals surface area contributed by atoms with Crippen LogP contribution in [0.15, 0.2) is 0 Å². The zero-order valence-electron chi connectivity index (χ0n) is 11.1. The van der Waals surface area contributed by atoms with Crippen LogP contribution >= 0.6 is 0 Å². The predicted octanol–water partition coefficient (Wildman–Crippen LogP) is 0.443. The average Bonchev–Trinajstić information content (AvgIpc) is 2.24. The van der Waals surface area contributed by atoms with Gasteiger partial charge in [0, 0.05) is 32.6 Å². The van der Waals surface area contributed by atoms with Crippen LogP contribution in [0.2, 0.25) is 0 Å². The van der Waals surface area contributed by atoms with Crippen molar-refractivity contribution in [2.75, 3.05) is 34.2 Å². The van der Waals surface area contributed by atoms with E-state index in [-0.39, 0.29) is 18.5 Å². The summed E-state index contributed by atoms with van der Waals surface area (Å²) in [6, 6.07) is 0.107. The van der Waals surface area contributed by atoms with E-state index in [1.165, 1.54) is 4.90 Å². The van der Waals surface area contributed by atoms with Gasteiger partial charge in [-0.3, -0.25) is 4.79 Å². The standard InChI is InChI=1S/C11H23N3O3/c1-9(13(2)3)8-12-11(17)14(4)7-5-6-10(15)16/h9H,5-8H2,1-4H3,(H,12,17)(H,15,16). The number of nitrogens with one attached hydrogen (secondary N) is 1. The van der Waals surface area contributed by atoms with Crippen LogP contribution in [0.25, 0.3) is 0 Å². The molecule has 0 spiro atoms. The number of carbonyl (C=O) groups excluding carboxylic acids is 1. The molecule has 0 radical (unpaired) electrons. The van der Waals surface area contributed by atoms with Gasteiger partial charge in [-0.05, 0) is 27.4 Å². The van der Waals surface area contributed by atoms with Crippen LogP contribution in [0.5, 0.6) is 0 Å². The fraction of sp³-hybridized carbons (Fsp3) is 0.818. The molecule has 0 bridgehead atoms. The number of hydrogen-bond acceptors (Lipinski definition) is 3. The summed E-state index contributed by atoms with van der Waals surface area (Å²) >= 11 is 0. The van der Waals surface area contributed by atoms with E-state index in [1.54, 1.807) is 7.05 Å². The molecule has 0 heterocycles. The van der Waals surface area contributed by atoms with E-state index in [4.69, 9.17) is 5.11 Å². The van der Waals surface area contributed by atoms with Crippen LogP contribution in [-0.2, 0) is 4.79 Å². The molecule has 2 N–H and O–H groups in total. The summed E-state index contributed by atoms with van der Waals surface area (Å²) in [6.45, 7) is 3.05. The zero-order chi connectivity index (χ0) is 13.4. The highest BCUT2D eigenvalue weighted by Crippen LogP contribution is 1.94. The van der Waals surface area contributed by atoms with Crippen LogP contribution < -0.4 is 5.32 Å². The van der Waals surface area contributed by atoms with Gasteiger partial charge in [-0.15, -0.1) is 0 Å². The fourth-order valence-electron chi connectivity index (χ4n) is 1.12. The Balaban J connectivity index is 3.78. The van der Waals surface area contributed by atoms with Crippen molar-refractivity contribution in [2.24, 2.45) is 0 Å². The number of likely N-dealkylation sites (N-methyl/N-ethyl adjacent to an activating group) is 1. The largest absolute Gasteiger partial charge is 0.481 e. The average molecular weight is 245 g/mol. The van der Waals surface area contributed by atoms with Crippen LogP contribution in [0.1, 0.15) is 19.8 Å². The highest BCUT2D eigenvalue weighted by atomic mass is 16.4. The highest BCUT2D eigenvalue weighted by Gasteiger charge is 2.11. The molecule has 100 valence electrons. The molecule has 6 heteroatoms. The maximum absolute atomic E-state index is 11.6. The number of aliphatic carboxylic acids is 1. The van der Waals surface area contributed by atoms with Crippen molar-refractivity contribution in [3.8, 4) is 0 Å². The highest BCUT2D eigenvalue weighted by molar-refractivity contribution is 5.74. The number of carboxylic acid groups (broad SMARTS) is 1. The smallest absolute Gasteiger partial charge is 0.317 e. The van der Waals surface area contributed by atoms with Crippen molar-refractivity contribution < 1.29 is 14.7 Å². The van der Waals surface area contributed by atoms with Gasteiger partial charge in [0.15, 0.2) is 0 Å². The van der Waals surface area contributed by atoms with Crippen molar-refractivity contribution in [1.29, 1.82) is 0 Å². The maximum Gasteiger partial charge on any atom is 0.317 e. The van der Waals surface area contributed by atoms with Gasteiger partial charge < -0.3 is 20.2 Å². The van der Waals surface area contributed by atoms with Gasteiger partial charge >= 0.3 is 12.0 Å². The van der Waals surface area contributed by atoms with Crippen LogP contribution in [0, 0.1) is 0 Å². The third kappa shape index (κ3) is 7.57. The van der Waals surface area contributed by atoms with Crippen LogP contribution in [0.3, 0.4) is 0 Å². The first-order valence-electron chi connectivity index (χ1n) is 5.71. The minimum absolute atomic E-state index is 0.0890. The summed E-state index contributed by atoms with van der Waals surface area (Å²) in [5.74, 6) is -0.833. The molecule has 6 nitrogen and oxygen atoms in total. The molecule has 17 heavy (non-hydrogen) atoms. The molecule has 0 aliphatic carbocycles. The maximum atomic E-state index is 11.6. The van der Waals surface area contributed by atoms with E-state index in [0.29, 0.717) is 19.5 Å². The van der Waals surface area contributed by atoms with E-state index in [0.717, 1.165) is 0 Å². The van der Waals surface area contributed by atoms with E-state index in [1.807, 2.05) is 25.9 Å². The third-order valence-corrected chi connectivity index (χ3v) is 2.66. The van der Waals surface area contributed by atoms with Gasteiger partial charge in [-0.2, -0.15) is 0 Å². The molecule has 0 saturated heterocycles. The summed E-state index contributed by atoms with van der Waals surface area (Å²) in [5.41, 5.74) is 0. The van der Waals surface area contributed by atoms with Gasteiger partial charge in [0.2, 0.25) is 0 Å². The van der Waals surface area contributed by atoms with Gasteiger partial charge in [0.25, 0.3) is 0 Å². The Bertz CT molecular complexity index is 256. The molecule has 1 unspecified atom stereocenters. The predicted molar refractivity (Wildman–Crippen MR) is 66.0 cm³/mol. The first-order valence-corrected chi connectivity index (χ1v) is 5.71. The van der Waals surface area contributed by atoms with Crippen LogP contribution in [0.4, 0.5) is 4.79 Å². The molecule has 0 fully saturated rings. The van der Waals surface area contributed by atoms with Crippen molar-refractivity contribution in [1.82, 2.24) is 15.1 Å². The lowest BCUT2D eigenvalue weighted by Gasteiger charge is -2.23. The first kappa shape index (κ1) is 15.7. The van der Waals surface area contributed by atoms with Crippen molar-refractivity contribution >= 4 is 12.0 Å². The molecule has 0 aromatic rings. The Kier molecular flexibility index (Phi) is 7.29. The Morgan fingerprint density at radius 2 is 1.88 bits per heavy atom. The lowest BCUT2D eigenvalue weighted by Crippen LogP contribution is -2.43. The Hall–Kier alpha value is -1.30. The number of carbonyl (C=O) groups is 2. The lowest BCUT2D eigenvalue weighted by atomic mass is 10.3. The molecule has 0 aliphatic heterocycles. The summed E-state index contributed by atoms with van der Waals surface area (Å²) < 4.78 is 0. The molecular formula is C11H23N3O3. The van der Waals surface area contributed by atoms with E-state index in [9.17, 15) is 9.59 Å². The number of rotatable bonds is 7. The van der Waals surface area contributed by atoms with Gasteiger partial charge in [0.05, 0.1) is 0 Å². The summed E-state index contributed by atoms with van der Waals surface area (Å²) in [5, 5.41) is 11.3. The van der Waals surface area contributed by atoms with Crippen molar-refractivity contribution in [2.45, 2.75) is 25.8 Å². The summed E-state index contributed by atoms with van der Waals surface area (Å²) in [6.07, 6.45) is 0.564. The van der Waals surface area contributed by atoms with E-state index in [2.05, 4.69) is 5.32 Å². The first-order chi connectivity index (χ1) is 7.84. The number of amides is 2. The minimum atomic E-state index is -0.833.